The molecule has 110 valence electrons. The van der Waals surface area contributed by atoms with Crippen LogP contribution < -0.4 is 10.1 Å². The van der Waals surface area contributed by atoms with Gasteiger partial charge >= 0.3 is 0 Å². The van der Waals surface area contributed by atoms with Crippen molar-refractivity contribution in [2.75, 3.05) is 26.7 Å². The molecule has 4 nitrogen and oxygen atoms in total. The molecule has 1 fully saturated rings. The van der Waals surface area contributed by atoms with Crippen LogP contribution in [-0.2, 0) is 4.79 Å². The van der Waals surface area contributed by atoms with Crippen molar-refractivity contribution in [2.24, 2.45) is 0 Å². The number of carbonyl (C=O) groups is 1. The van der Waals surface area contributed by atoms with Crippen molar-refractivity contribution in [3.63, 3.8) is 0 Å². The molecule has 1 heterocycles. The Kier molecular flexibility index (Phi) is 5.68. The van der Waals surface area contributed by atoms with E-state index in [9.17, 15) is 4.79 Å². The van der Waals surface area contributed by atoms with Gasteiger partial charge in [-0.3, -0.25) is 4.79 Å². The van der Waals surface area contributed by atoms with Gasteiger partial charge in [-0.1, -0.05) is 23.7 Å². The maximum absolute atomic E-state index is 12.0. The van der Waals surface area contributed by atoms with Gasteiger partial charge < -0.3 is 15.0 Å². The number of nitrogens with one attached hydrogen (secondary N) is 1. The van der Waals surface area contributed by atoms with Gasteiger partial charge in [0.2, 0.25) is 5.91 Å². The standard InChI is InChI=1S/C15H21ClN2O2/c1-18(12-8-9-17-11-12)15(19)7-4-10-20-14-6-3-2-5-13(14)16/h2-3,5-6,12,17H,4,7-11H2,1H3. The van der Waals surface area contributed by atoms with Gasteiger partial charge in [0, 0.05) is 26.1 Å². The molecule has 0 radical (unpaired) electrons. The number of likely N-dealkylation sites (N-methyl/N-ethyl adjacent to an activating group) is 1. The minimum atomic E-state index is 0.182. The first-order valence-electron chi connectivity index (χ1n) is 7.02. The zero-order valence-corrected chi connectivity index (χ0v) is 12.5. The number of para-hydroxylation sites is 1. The highest BCUT2D eigenvalue weighted by atomic mass is 35.5. The minimum absolute atomic E-state index is 0.182. The first-order chi connectivity index (χ1) is 9.68. The van der Waals surface area contributed by atoms with Crippen LogP contribution in [0.2, 0.25) is 5.02 Å². The number of hydrogen-bond acceptors (Lipinski definition) is 3. The molecule has 1 aliphatic rings. The normalized spacial score (nSPS) is 18.0. The van der Waals surface area contributed by atoms with Crippen LogP contribution in [0.15, 0.2) is 24.3 Å². The predicted molar refractivity (Wildman–Crippen MR) is 80.2 cm³/mol. The molecule has 0 saturated carbocycles. The maximum Gasteiger partial charge on any atom is 0.222 e. The summed E-state index contributed by atoms with van der Waals surface area (Å²) in [5.74, 6) is 0.858. The largest absolute Gasteiger partial charge is 0.492 e. The smallest absolute Gasteiger partial charge is 0.222 e. The summed E-state index contributed by atoms with van der Waals surface area (Å²) < 4.78 is 5.58. The van der Waals surface area contributed by atoms with Crippen LogP contribution in [0.1, 0.15) is 19.3 Å². The second-order valence-corrected chi connectivity index (χ2v) is 5.44. The Balaban J connectivity index is 1.68. The van der Waals surface area contributed by atoms with E-state index in [0.717, 1.165) is 19.5 Å². The van der Waals surface area contributed by atoms with Crippen LogP contribution in [0.5, 0.6) is 5.75 Å². The lowest BCUT2D eigenvalue weighted by molar-refractivity contribution is -0.131. The molecule has 0 aliphatic carbocycles. The number of benzene rings is 1. The first kappa shape index (κ1) is 15.1. The number of rotatable bonds is 6. The molecule has 0 aromatic heterocycles. The Labute approximate surface area is 125 Å². The second-order valence-electron chi connectivity index (χ2n) is 5.03. The highest BCUT2D eigenvalue weighted by molar-refractivity contribution is 6.32. The van der Waals surface area contributed by atoms with Crippen molar-refractivity contribution in [3.05, 3.63) is 29.3 Å². The SMILES string of the molecule is CN(C(=O)CCCOc1ccccc1Cl)C1CCNC1. The summed E-state index contributed by atoms with van der Waals surface area (Å²) in [5.41, 5.74) is 0. The molecule has 1 saturated heterocycles. The van der Waals surface area contributed by atoms with E-state index in [0.29, 0.717) is 36.3 Å². The zero-order valence-electron chi connectivity index (χ0n) is 11.8. The highest BCUT2D eigenvalue weighted by Crippen LogP contribution is 2.23. The molecule has 1 unspecified atom stereocenters. The van der Waals surface area contributed by atoms with Gasteiger partial charge in [-0.05, 0) is 31.5 Å². The molecular weight excluding hydrogens is 276 g/mol. The monoisotopic (exact) mass is 296 g/mol. The molecule has 20 heavy (non-hydrogen) atoms. The lowest BCUT2D eigenvalue weighted by Crippen LogP contribution is -2.38. The summed E-state index contributed by atoms with van der Waals surface area (Å²) in [6, 6.07) is 7.71. The number of nitrogens with zero attached hydrogens (tertiary/aromatic N) is 1. The summed E-state index contributed by atoms with van der Waals surface area (Å²) in [5, 5.41) is 3.87. The van der Waals surface area contributed by atoms with Gasteiger partial charge in [-0.2, -0.15) is 0 Å². The number of amides is 1. The number of ether oxygens (including phenoxy) is 1. The lowest BCUT2D eigenvalue weighted by Gasteiger charge is -2.23. The lowest BCUT2D eigenvalue weighted by atomic mass is 10.2. The Morgan fingerprint density at radius 1 is 1.50 bits per heavy atom. The molecular formula is C15H21ClN2O2. The molecule has 1 aliphatic heterocycles. The summed E-state index contributed by atoms with van der Waals surface area (Å²) in [7, 11) is 1.88. The molecule has 1 N–H and O–H groups in total. The zero-order chi connectivity index (χ0) is 14.4. The second kappa shape index (κ2) is 7.50. The van der Waals surface area contributed by atoms with E-state index in [-0.39, 0.29) is 5.91 Å². The van der Waals surface area contributed by atoms with Crippen molar-refractivity contribution in [2.45, 2.75) is 25.3 Å². The average Bonchev–Trinajstić information content (AvgIpc) is 2.98. The third-order valence-electron chi connectivity index (χ3n) is 3.60. The molecule has 2 rings (SSSR count). The molecule has 1 aromatic rings. The van der Waals surface area contributed by atoms with Crippen LogP contribution >= 0.6 is 11.6 Å². The van der Waals surface area contributed by atoms with Crippen LogP contribution in [0.3, 0.4) is 0 Å². The molecule has 1 aromatic carbocycles. The van der Waals surface area contributed by atoms with Crippen molar-refractivity contribution in [1.29, 1.82) is 0 Å². The molecule has 1 atom stereocenters. The van der Waals surface area contributed by atoms with Crippen LogP contribution in [0.4, 0.5) is 0 Å². The summed E-state index contributed by atoms with van der Waals surface area (Å²) >= 11 is 6.00. The van der Waals surface area contributed by atoms with Gasteiger partial charge in [0.25, 0.3) is 0 Å². The molecule has 5 heteroatoms. The van der Waals surface area contributed by atoms with Crippen molar-refractivity contribution in [1.82, 2.24) is 10.2 Å². The van der Waals surface area contributed by atoms with E-state index in [1.165, 1.54) is 0 Å². The fourth-order valence-electron chi connectivity index (χ4n) is 2.32. The Morgan fingerprint density at radius 3 is 3.00 bits per heavy atom. The average molecular weight is 297 g/mol. The topological polar surface area (TPSA) is 41.6 Å². The van der Waals surface area contributed by atoms with E-state index >= 15 is 0 Å². The van der Waals surface area contributed by atoms with E-state index in [1.54, 1.807) is 6.07 Å². The van der Waals surface area contributed by atoms with E-state index < -0.39 is 0 Å². The number of halogens is 1. The highest BCUT2D eigenvalue weighted by Gasteiger charge is 2.22. The van der Waals surface area contributed by atoms with Crippen molar-refractivity contribution < 1.29 is 9.53 Å². The maximum atomic E-state index is 12.0. The number of carbonyl (C=O) groups excluding carboxylic acids is 1. The quantitative estimate of drug-likeness (QED) is 0.819. The van der Waals surface area contributed by atoms with Gasteiger partial charge in [-0.15, -0.1) is 0 Å². The Hall–Kier alpha value is -1.26. The minimum Gasteiger partial charge on any atom is -0.492 e. The molecule has 1 amide bonds. The fraction of sp³-hybridized carbons (Fsp3) is 0.533. The predicted octanol–water partition coefficient (Wildman–Crippen LogP) is 2.32. The van der Waals surface area contributed by atoms with Gasteiger partial charge in [0.05, 0.1) is 11.6 Å². The number of hydrogen-bond donors (Lipinski definition) is 1. The van der Waals surface area contributed by atoms with Crippen LogP contribution in [-0.4, -0.2) is 43.6 Å². The molecule has 0 spiro atoms. The first-order valence-corrected chi connectivity index (χ1v) is 7.40. The third-order valence-corrected chi connectivity index (χ3v) is 3.92. The Morgan fingerprint density at radius 2 is 2.30 bits per heavy atom. The van der Waals surface area contributed by atoms with Gasteiger partial charge in [-0.25, -0.2) is 0 Å². The van der Waals surface area contributed by atoms with Crippen LogP contribution in [0, 0.1) is 0 Å². The summed E-state index contributed by atoms with van der Waals surface area (Å²) in [4.78, 5) is 13.9. The third kappa shape index (κ3) is 4.12. The van der Waals surface area contributed by atoms with E-state index in [1.807, 2.05) is 30.1 Å². The summed E-state index contributed by atoms with van der Waals surface area (Å²) in [6.45, 7) is 2.41. The van der Waals surface area contributed by atoms with Gasteiger partial charge in [0.15, 0.2) is 0 Å². The van der Waals surface area contributed by atoms with Crippen LogP contribution in [0.25, 0.3) is 0 Å². The Bertz CT molecular complexity index is 447. The van der Waals surface area contributed by atoms with E-state index in [4.69, 9.17) is 16.3 Å². The molecule has 0 bridgehead atoms. The summed E-state index contributed by atoms with van der Waals surface area (Å²) in [6.07, 6.45) is 2.25. The van der Waals surface area contributed by atoms with Crippen molar-refractivity contribution >= 4 is 17.5 Å². The van der Waals surface area contributed by atoms with Crippen molar-refractivity contribution in [3.8, 4) is 5.75 Å². The fourth-order valence-corrected chi connectivity index (χ4v) is 2.51. The van der Waals surface area contributed by atoms with Gasteiger partial charge in [0.1, 0.15) is 5.75 Å². The van der Waals surface area contributed by atoms with E-state index in [2.05, 4.69) is 5.32 Å².